The van der Waals surface area contributed by atoms with Crippen molar-refractivity contribution in [2.24, 2.45) is 10.5 Å². The summed E-state index contributed by atoms with van der Waals surface area (Å²) in [7, 11) is 0. The predicted molar refractivity (Wildman–Crippen MR) is 174 cm³/mol. The molecule has 0 unspecified atom stereocenters. The van der Waals surface area contributed by atoms with Gasteiger partial charge in [-0.3, -0.25) is 14.4 Å². The summed E-state index contributed by atoms with van der Waals surface area (Å²) in [5.41, 5.74) is 7.84. The Balaban J connectivity index is 3.31. The smallest absolute Gasteiger partial charge is 0.220 e. The molecule has 0 heterocycles. The normalized spacial score (nSPS) is 11.3. The van der Waals surface area contributed by atoms with Gasteiger partial charge in [0, 0.05) is 42.9 Å². The van der Waals surface area contributed by atoms with E-state index < -0.39 is 5.41 Å². The van der Waals surface area contributed by atoms with Gasteiger partial charge in [0.2, 0.25) is 5.91 Å². The van der Waals surface area contributed by atoms with E-state index in [1.807, 2.05) is 20.8 Å². The molecule has 0 radical (unpaired) electrons. The zero-order valence-corrected chi connectivity index (χ0v) is 28.1. The van der Waals surface area contributed by atoms with Gasteiger partial charge in [-0.05, 0) is 24.8 Å². The number of nitrogens with zero attached hydrogens (tertiary/aromatic N) is 3. The molecule has 0 aromatic rings. The summed E-state index contributed by atoms with van der Waals surface area (Å²) in [4.78, 5) is 38.3. The molecule has 11 heteroatoms. The Kier molecular flexibility index (Phi) is 29.5. The van der Waals surface area contributed by atoms with Crippen LogP contribution in [0, 0.1) is 5.41 Å². The Morgan fingerprint density at radius 3 is 1.68 bits per heavy atom. The standard InChI is InChI=1S/C33H62N4O7/c1-33(2,3)31(39)29-44-27-24-41-22-17-18-30(38)28-43-26-25-42-23-21-35-32(40)19-15-13-11-9-7-5-4-6-8-10-12-14-16-20-36-37-34/h4-29H2,1-3H3,(H,35,40). The van der Waals surface area contributed by atoms with Gasteiger partial charge in [0.15, 0.2) is 11.6 Å². The van der Waals surface area contributed by atoms with E-state index in [0.717, 1.165) is 25.7 Å². The second-order valence-electron chi connectivity index (χ2n) is 12.3. The topological polar surface area (TPSA) is 149 Å². The maximum Gasteiger partial charge on any atom is 0.220 e. The van der Waals surface area contributed by atoms with Crippen LogP contribution in [0.1, 0.15) is 124 Å². The maximum absolute atomic E-state index is 12.0. The Bertz CT molecular complexity index is 768. The van der Waals surface area contributed by atoms with Crippen molar-refractivity contribution in [1.29, 1.82) is 0 Å². The molecule has 0 rings (SSSR count). The van der Waals surface area contributed by atoms with Gasteiger partial charge in [0.05, 0.1) is 33.0 Å². The van der Waals surface area contributed by atoms with Crippen LogP contribution in [0.5, 0.6) is 0 Å². The molecule has 0 spiro atoms. The van der Waals surface area contributed by atoms with Crippen LogP contribution in [-0.2, 0) is 33.3 Å². The van der Waals surface area contributed by atoms with Crippen LogP contribution in [0.25, 0.3) is 10.4 Å². The Morgan fingerprint density at radius 1 is 0.614 bits per heavy atom. The van der Waals surface area contributed by atoms with Crippen molar-refractivity contribution < 1.29 is 33.3 Å². The average molecular weight is 627 g/mol. The second-order valence-corrected chi connectivity index (χ2v) is 12.3. The van der Waals surface area contributed by atoms with Crippen molar-refractivity contribution in [3.05, 3.63) is 10.4 Å². The fourth-order valence-electron chi connectivity index (χ4n) is 4.26. The van der Waals surface area contributed by atoms with E-state index in [1.165, 1.54) is 57.8 Å². The predicted octanol–water partition coefficient (Wildman–Crippen LogP) is 6.91. The van der Waals surface area contributed by atoms with Gasteiger partial charge in [-0.2, -0.15) is 0 Å². The third-order valence-corrected chi connectivity index (χ3v) is 7.11. The summed E-state index contributed by atoms with van der Waals surface area (Å²) >= 11 is 0. The summed E-state index contributed by atoms with van der Waals surface area (Å²) in [5, 5.41) is 6.45. The molecule has 0 aliphatic rings. The molecule has 44 heavy (non-hydrogen) atoms. The van der Waals surface area contributed by atoms with E-state index >= 15 is 0 Å². The van der Waals surface area contributed by atoms with Crippen LogP contribution < -0.4 is 5.32 Å². The minimum atomic E-state index is -0.396. The van der Waals surface area contributed by atoms with Crippen LogP contribution in [-0.4, -0.2) is 83.4 Å². The van der Waals surface area contributed by atoms with Gasteiger partial charge in [0.25, 0.3) is 0 Å². The second kappa shape index (κ2) is 31.0. The molecule has 0 aliphatic carbocycles. The lowest BCUT2D eigenvalue weighted by Crippen LogP contribution is -2.27. The number of amides is 1. The van der Waals surface area contributed by atoms with Gasteiger partial charge >= 0.3 is 0 Å². The molecule has 0 saturated carbocycles. The highest BCUT2D eigenvalue weighted by Crippen LogP contribution is 2.14. The van der Waals surface area contributed by atoms with E-state index in [0.29, 0.717) is 72.0 Å². The molecule has 1 N–H and O–H groups in total. The number of rotatable bonds is 33. The van der Waals surface area contributed by atoms with Crippen molar-refractivity contribution in [3.8, 4) is 0 Å². The van der Waals surface area contributed by atoms with E-state index in [9.17, 15) is 14.4 Å². The molecule has 0 atom stereocenters. The average Bonchev–Trinajstić information content (AvgIpc) is 2.98. The van der Waals surface area contributed by atoms with Crippen molar-refractivity contribution >= 4 is 17.5 Å². The Morgan fingerprint density at radius 2 is 1.11 bits per heavy atom. The number of hydrogen-bond donors (Lipinski definition) is 1. The number of ether oxygens (including phenoxy) is 4. The molecule has 1 amide bonds. The summed E-state index contributed by atoms with van der Waals surface area (Å²) in [6, 6.07) is 0. The van der Waals surface area contributed by atoms with Gasteiger partial charge in [0.1, 0.15) is 13.2 Å². The highest BCUT2D eigenvalue weighted by atomic mass is 16.5. The van der Waals surface area contributed by atoms with Crippen LogP contribution in [0.4, 0.5) is 0 Å². The van der Waals surface area contributed by atoms with E-state index in [4.69, 9.17) is 24.5 Å². The summed E-state index contributed by atoms with van der Waals surface area (Å²) in [6.45, 7) is 9.20. The van der Waals surface area contributed by atoms with E-state index in [-0.39, 0.29) is 30.7 Å². The van der Waals surface area contributed by atoms with Gasteiger partial charge in [-0.25, -0.2) is 0 Å². The van der Waals surface area contributed by atoms with Crippen LogP contribution in [0.15, 0.2) is 5.11 Å². The Labute approximate surface area is 266 Å². The Hall–Kier alpha value is -2.04. The van der Waals surface area contributed by atoms with Crippen LogP contribution >= 0.6 is 0 Å². The van der Waals surface area contributed by atoms with Gasteiger partial charge < -0.3 is 24.3 Å². The molecular formula is C33H62N4O7. The van der Waals surface area contributed by atoms with Gasteiger partial charge in [-0.15, -0.1) is 0 Å². The third-order valence-electron chi connectivity index (χ3n) is 7.11. The third kappa shape index (κ3) is 31.4. The number of Topliss-reactive ketones (excluding diaryl/α,β-unsaturated/α-hetero) is 2. The zero-order valence-electron chi connectivity index (χ0n) is 28.1. The van der Waals surface area contributed by atoms with Crippen molar-refractivity contribution in [1.82, 2.24) is 5.32 Å². The first-order chi connectivity index (χ1) is 21.3. The van der Waals surface area contributed by atoms with Crippen LogP contribution in [0.2, 0.25) is 0 Å². The maximum atomic E-state index is 12.0. The largest absolute Gasteiger partial charge is 0.379 e. The lowest BCUT2D eigenvalue weighted by Gasteiger charge is -2.16. The number of carbonyl (C=O) groups is 3. The number of unbranched alkanes of at least 4 members (excludes halogenated alkanes) is 12. The molecule has 0 fully saturated rings. The highest BCUT2D eigenvalue weighted by molar-refractivity contribution is 5.84. The minimum absolute atomic E-state index is 0.0202. The molecule has 0 saturated heterocycles. The number of nitrogens with one attached hydrogen (secondary N) is 1. The van der Waals surface area contributed by atoms with Crippen molar-refractivity contribution in [2.75, 3.05) is 65.9 Å². The quantitative estimate of drug-likeness (QED) is 0.0360. The summed E-state index contributed by atoms with van der Waals surface area (Å²) < 4.78 is 21.6. The molecular weight excluding hydrogens is 564 g/mol. The lowest BCUT2D eigenvalue weighted by atomic mass is 9.91. The molecule has 0 bridgehead atoms. The first kappa shape index (κ1) is 42.0. The van der Waals surface area contributed by atoms with Crippen LogP contribution in [0.3, 0.4) is 0 Å². The van der Waals surface area contributed by atoms with Crippen molar-refractivity contribution in [2.45, 2.75) is 124 Å². The minimum Gasteiger partial charge on any atom is -0.379 e. The fourth-order valence-corrected chi connectivity index (χ4v) is 4.26. The fraction of sp³-hybridized carbons (Fsp3) is 0.909. The molecule has 256 valence electrons. The number of ketones is 2. The molecule has 0 aliphatic heterocycles. The number of hydrogen-bond acceptors (Lipinski definition) is 8. The lowest BCUT2D eigenvalue weighted by molar-refractivity contribution is -0.131. The number of carbonyl (C=O) groups excluding carboxylic acids is 3. The molecule has 11 nitrogen and oxygen atoms in total. The molecule has 0 aromatic heterocycles. The first-order valence-corrected chi connectivity index (χ1v) is 16.9. The first-order valence-electron chi connectivity index (χ1n) is 16.9. The number of azide groups is 1. The van der Waals surface area contributed by atoms with E-state index in [1.54, 1.807) is 0 Å². The SMILES string of the molecule is CC(C)(C)C(=O)COCCOCCCC(=O)COCCOCCNC(=O)CCCCCCCCCCCCCCCN=[N+]=[N-]. The van der Waals surface area contributed by atoms with Gasteiger partial charge in [-0.1, -0.05) is 96.5 Å². The summed E-state index contributed by atoms with van der Waals surface area (Å²) in [6.07, 6.45) is 17.2. The monoisotopic (exact) mass is 626 g/mol. The molecule has 0 aromatic carbocycles. The van der Waals surface area contributed by atoms with Crippen molar-refractivity contribution in [3.63, 3.8) is 0 Å². The van der Waals surface area contributed by atoms with E-state index in [2.05, 4.69) is 15.3 Å². The highest BCUT2D eigenvalue weighted by Gasteiger charge is 2.20. The zero-order chi connectivity index (χ0) is 32.6. The summed E-state index contributed by atoms with van der Waals surface area (Å²) in [5.74, 6) is 0.151.